The van der Waals surface area contributed by atoms with Gasteiger partial charge in [-0.2, -0.15) is 0 Å². The van der Waals surface area contributed by atoms with Gasteiger partial charge in [0.25, 0.3) is 5.69 Å². The number of hydrogen-bond donors (Lipinski definition) is 2. The molecule has 0 aliphatic rings. The lowest BCUT2D eigenvalue weighted by Crippen LogP contribution is -2.31. The Hall–Kier alpha value is -2.31. The van der Waals surface area contributed by atoms with E-state index in [4.69, 9.17) is 15.7 Å². The Morgan fingerprint density at radius 2 is 2.19 bits per heavy atom. The molecule has 21 heavy (non-hydrogen) atoms. The lowest BCUT2D eigenvalue weighted by molar-refractivity contribution is -0.384. The van der Waals surface area contributed by atoms with E-state index >= 15 is 0 Å². The SMILES string of the molecule is CC(C)(CCCCOc1cccc([N+](=O)[O-])c1)/C(N)=N/O. The summed E-state index contributed by atoms with van der Waals surface area (Å²) in [6.07, 6.45) is 2.39. The average Bonchev–Trinajstić information content (AvgIpc) is 2.46. The van der Waals surface area contributed by atoms with Crippen LogP contribution in [0.15, 0.2) is 29.4 Å². The fourth-order valence-corrected chi connectivity index (χ4v) is 1.81. The number of oxime groups is 1. The third-order valence-electron chi connectivity index (χ3n) is 3.29. The molecule has 0 aliphatic carbocycles. The van der Waals surface area contributed by atoms with Gasteiger partial charge in [-0.25, -0.2) is 0 Å². The number of nitrogens with zero attached hydrogens (tertiary/aromatic N) is 2. The van der Waals surface area contributed by atoms with Gasteiger partial charge in [0.15, 0.2) is 0 Å². The van der Waals surface area contributed by atoms with Crippen LogP contribution in [0, 0.1) is 15.5 Å². The minimum atomic E-state index is -0.452. The molecule has 1 aromatic rings. The van der Waals surface area contributed by atoms with Gasteiger partial charge in [0, 0.05) is 11.5 Å². The number of hydrogen-bond acceptors (Lipinski definition) is 5. The van der Waals surface area contributed by atoms with Gasteiger partial charge in [0.05, 0.1) is 17.6 Å². The highest BCUT2D eigenvalue weighted by molar-refractivity contribution is 5.85. The zero-order valence-electron chi connectivity index (χ0n) is 12.3. The van der Waals surface area contributed by atoms with Gasteiger partial charge in [-0.1, -0.05) is 25.1 Å². The highest BCUT2D eigenvalue weighted by Crippen LogP contribution is 2.24. The lowest BCUT2D eigenvalue weighted by atomic mass is 9.86. The zero-order chi connectivity index (χ0) is 15.9. The van der Waals surface area contributed by atoms with Gasteiger partial charge >= 0.3 is 0 Å². The van der Waals surface area contributed by atoms with E-state index in [9.17, 15) is 10.1 Å². The number of non-ortho nitro benzene ring substituents is 1. The van der Waals surface area contributed by atoms with Crippen LogP contribution in [0.2, 0.25) is 0 Å². The molecule has 0 aliphatic heterocycles. The molecule has 0 spiro atoms. The molecular formula is C14H21N3O4. The Labute approximate surface area is 123 Å². The maximum Gasteiger partial charge on any atom is 0.273 e. The van der Waals surface area contributed by atoms with Crippen molar-refractivity contribution in [3.8, 4) is 5.75 Å². The summed E-state index contributed by atoms with van der Waals surface area (Å²) >= 11 is 0. The Morgan fingerprint density at radius 1 is 1.48 bits per heavy atom. The van der Waals surface area contributed by atoms with Gasteiger partial charge in [-0.05, 0) is 25.3 Å². The summed E-state index contributed by atoms with van der Waals surface area (Å²) in [5.74, 6) is 0.696. The summed E-state index contributed by atoms with van der Waals surface area (Å²) in [6, 6.07) is 6.11. The van der Waals surface area contributed by atoms with E-state index in [1.54, 1.807) is 12.1 Å². The molecule has 1 rings (SSSR count). The largest absolute Gasteiger partial charge is 0.493 e. The van der Waals surface area contributed by atoms with E-state index in [-0.39, 0.29) is 16.9 Å². The number of benzene rings is 1. The van der Waals surface area contributed by atoms with Crippen molar-refractivity contribution in [2.75, 3.05) is 6.61 Å². The van der Waals surface area contributed by atoms with Crippen LogP contribution in [-0.4, -0.2) is 22.6 Å². The topological polar surface area (TPSA) is 111 Å². The molecule has 7 nitrogen and oxygen atoms in total. The second-order valence-corrected chi connectivity index (χ2v) is 5.43. The Kier molecular flexibility index (Phi) is 5.95. The van der Waals surface area contributed by atoms with Crippen LogP contribution >= 0.6 is 0 Å². The smallest absolute Gasteiger partial charge is 0.273 e. The van der Waals surface area contributed by atoms with Gasteiger partial charge < -0.3 is 15.7 Å². The monoisotopic (exact) mass is 295 g/mol. The third kappa shape index (κ3) is 5.29. The summed E-state index contributed by atoms with van der Waals surface area (Å²) in [7, 11) is 0. The Morgan fingerprint density at radius 3 is 2.81 bits per heavy atom. The van der Waals surface area contributed by atoms with Crippen molar-refractivity contribution in [3.05, 3.63) is 34.4 Å². The second kappa shape index (κ2) is 7.47. The van der Waals surface area contributed by atoms with E-state index < -0.39 is 4.92 Å². The van der Waals surface area contributed by atoms with E-state index in [1.807, 2.05) is 13.8 Å². The standard InChI is InChI=1S/C14H21N3O4/c1-14(2,13(15)16-18)8-3-4-9-21-12-7-5-6-11(10-12)17(19)20/h5-7,10,18H,3-4,8-9H2,1-2H3,(H2,15,16). The summed E-state index contributed by atoms with van der Waals surface area (Å²) in [4.78, 5) is 10.2. The molecule has 0 atom stereocenters. The molecule has 0 aromatic heterocycles. The minimum absolute atomic E-state index is 0.0144. The third-order valence-corrected chi connectivity index (χ3v) is 3.29. The van der Waals surface area contributed by atoms with Gasteiger partial charge in [0.1, 0.15) is 11.6 Å². The predicted molar refractivity (Wildman–Crippen MR) is 79.6 cm³/mol. The molecule has 0 unspecified atom stereocenters. The molecule has 0 fully saturated rings. The van der Waals surface area contributed by atoms with E-state index in [2.05, 4.69) is 5.16 Å². The highest BCUT2D eigenvalue weighted by atomic mass is 16.6. The molecule has 116 valence electrons. The van der Waals surface area contributed by atoms with Crippen LogP contribution in [0.5, 0.6) is 5.75 Å². The van der Waals surface area contributed by atoms with E-state index in [0.717, 1.165) is 19.3 Å². The summed E-state index contributed by atoms with van der Waals surface area (Å²) in [5.41, 5.74) is 5.26. The van der Waals surface area contributed by atoms with Crippen molar-refractivity contribution in [1.29, 1.82) is 0 Å². The number of ether oxygens (including phenoxy) is 1. The summed E-state index contributed by atoms with van der Waals surface area (Å²) in [6.45, 7) is 4.28. The summed E-state index contributed by atoms with van der Waals surface area (Å²) < 4.78 is 5.48. The van der Waals surface area contributed by atoms with Crippen molar-refractivity contribution in [2.24, 2.45) is 16.3 Å². The number of amidine groups is 1. The van der Waals surface area contributed by atoms with Crippen molar-refractivity contribution < 1.29 is 14.9 Å². The van der Waals surface area contributed by atoms with Crippen LogP contribution < -0.4 is 10.5 Å². The van der Waals surface area contributed by atoms with Gasteiger partial charge in [-0.15, -0.1) is 0 Å². The molecule has 0 saturated carbocycles. The Bertz CT molecular complexity index is 515. The number of rotatable bonds is 8. The van der Waals surface area contributed by atoms with E-state index in [1.165, 1.54) is 12.1 Å². The number of nitro benzene ring substituents is 1. The van der Waals surface area contributed by atoms with Crippen LogP contribution in [0.4, 0.5) is 5.69 Å². The fourth-order valence-electron chi connectivity index (χ4n) is 1.81. The van der Waals surface area contributed by atoms with Crippen molar-refractivity contribution >= 4 is 11.5 Å². The zero-order valence-corrected chi connectivity index (χ0v) is 12.3. The number of nitro groups is 1. The highest BCUT2D eigenvalue weighted by Gasteiger charge is 2.22. The predicted octanol–water partition coefficient (Wildman–Crippen LogP) is 2.92. The molecule has 0 heterocycles. The molecule has 1 aromatic carbocycles. The lowest BCUT2D eigenvalue weighted by Gasteiger charge is -2.22. The minimum Gasteiger partial charge on any atom is -0.493 e. The van der Waals surface area contributed by atoms with Crippen molar-refractivity contribution in [2.45, 2.75) is 33.1 Å². The first-order valence-corrected chi connectivity index (χ1v) is 6.72. The van der Waals surface area contributed by atoms with Gasteiger partial charge in [-0.3, -0.25) is 10.1 Å². The number of nitrogens with two attached hydrogens (primary N) is 1. The molecule has 0 amide bonds. The molecule has 0 saturated heterocycles. The van der Waals surface area contributed by atoms with Crippen LogP contribution in [0.3, 0.4) is 0 Å². The molecular weight excluding hydrogens is 274 g/mol. The first-order valence-electron chi connectivity index (χ1n) is 6.72. The first-order chi connectivity index (χ1) is 9.86. The van der Waals surface area contributed by atoms with Crippen LogP contribution in [0.25, 0.3) is 0 Å². The molecule has 7 heteroatoms. The molecule has 3 N–H and O–H groups in total. The first kappa shape index (κ1) is 16.7. The molecule has 0 bridgehead atoms. The quantitative estimate of drug-likeness (QED) is 0.191. The van der Waals surface area contributed by atoms with E-state index in [0.29, 0.717) is 12.4 Å². The maximum atomic E-state index is 10.6. The van der Waals surface area contributed by atoms with Crippen LogP contribution in [-0.2, 0) is 0 Å². The molecule has 0 radical (unpaired) electrons. The second-order valence-electron chi connectivity index (χ2n) is 5.43. The van der Waals surface area contributed by atoms with Crippen molar-refractivity contribution in [1.82, 2.24) is 0 Å². The average molecular weight is 295 g/mol. The normalized spacial score (nSPS) is 12.2. The van der Waals surface area contributed by atoms with Crippen molar-refractivity contribution in [3.63, 3.8) is 0 Å². The van der Waals surface area contributed by atoms with Crippen LogP contribution in [0.1, 0.15) is 33.1 Å². The maximum absolute atomic E-state index is 10.6. The van der Waals surface area contributed by atoms with Gasteiger partial charge in [0.2, 0.25) is 0 Å². The Balaban J connectivity index is 2.35. The fraction of sp³-hybridized carbons (Fsp3) is 0.500. The summed E-state index contributed by atoms with van der Waals surface area (Å²) in [5, 5.41) is 22.3. The number of unbranched alkanes of at least 4 members (excludes halogenated alkanes) is 1.